The zero-order chi connectivity index (χ0) is 20.7. The second-order valence-electron chi connectivity index (χ2n) is 6.81. The van der Waals surface area contributed by atoms with E-state index < -0.39 is 0 Å². The van der Waals surface area contributed by atoms with Gasteiger partial charge in [0.1, 0.15) is 5.52 Å². The first-order chi connectivity index (χ1) is 14.6. The SMILES string of the molecule is O=C(Nc1ccc2oc(-c3cccc4ccccc34)nc2c1)c1ccc(Cl)cc1Cl. The van der Waals surface area contributed by atoms with Crippen molar-refractivity contribution in [3.63, 3.8) is 0 Å². The number of carbonyl (C=O) groups excluding carboxylic acids is 1. The number of carbonyl (C=O) groups is 1. The number of anilines is 1. The summed E-state index contributed by atoms with van der Waals surface area (Å²) in [5, 5.41) is 5.79. The number of hydrogen-bond donors (Lipinski definition) is 1. The van der Waals surface area contributed by atoms with Crippen molar-refractivity contribution >= 4 is 56.7 Å². The molecule has 1 N–H and O–H groups in total. The third-order valence-corrected chi connectivity index (χ3v) is 5.39. The molecule has 146 valence electrons. The number of hydrogen-bond acceptors (Lipinski definition) is 3. The van der Waals surface area contributed by atoms with Crippen LogP contribution in [0.4, 0.5) is 5.69 Å². The summed E-state index contributed by atoms with van der Waals surface area (Å²) in [6.45, 7) is 0. The number of oxazole rings is 1. The van der Waals surface area contributed by atoms with E-state index in [9.17, 15) is 4.79 Å². The van der Waals surface area contributed by atoms with E-state index >= 15 is 0 Å². The minimum atomic E-state index is -0.325. The molecule has 0 saturated heterocycles. The molecule has 1 aromatic heterocycles. The molecule has 6 heteroatoms. The first-order valence-corrected chi connectivity index (χ1v) is 9.99. The van der Waals surface area contributed by atoms with E-state index in [1.165, 1.54) is 6.07 Å². The summed E-state index contributed by atoms with van der Waals surface area (Å²) >= 11 is 12.0. The lowest BCUT2D eigenvalue weighted by molar-refractivity contribution is 0.102. The molecule has 4 aromatic carbocycles. The summed E-state index contributed by atoms with van der Waals surface area (Å²) < 4.78 is 5.98. The van der Waals surface area contributed by atoms with Crippen LogP contribution in [0, 0.1) is 0 Å². The van der Waals surface area contributed by atoms with Crippen molar-refractivity contribution < 1.29 is 9.21 Å². The van der Waals surface area contributed by atoms with Gasteiger partial charge < -0.3 is 9.73 Å². The Bertz CT molecular complexity index is 1420. The highest BCUT2D eigenvalue weighted by Crippen LogP contribution is 2.31. The molecule has 0 aliphatic carbocycles. The van der Waals surface area contributed by atoms with Gasteiger partial charge in [0.25, 0.3) is 5.91 Å². The summed E-state index contributed by atoms with van der Waals surface area (Å²) in [6, 6.07) is 24.2. The zero-order valence-corrected chi connectivity index (χ0v) is 17.0. The average Bonchev–Trinajstić information content (AvgIpc) is 3.16. The number of benzene rings is 4. The minimum absolute atomic E-state index is 0.292. The lowest BCUT2D eigenvalue weighted by atomic mass is 10.0. The first kappa shape index (κ1) is 18.7. The topological polar surface area (TPSA) is 55.1 Å². The lowest BCUT2D eigenvalue weighted by Gasteiger charge is -2.06. The molecule has 0 radical (unpaired) electrons. The maximum absolute atomic E-state index is 12.6. The van der Waals surface area contributed by atoms with E-state index in [-0.39, 0.29) is 5.91 Å². The van der Waals surface area contributed by atoms with Gasteiger partial charge in [-0.05, 0) is 53.2 Å². The molecule has 0 bridgehead atoms. The Balaban J connectivity index is 1.49. The van der Waals surface area contributed by atoms with Gasteiger partial charge in [-0.2, -0.15) is 0 Å². The maximum atomic E-state index is 12.6. The van der Waals surface area contributed by atoms with Gasteiger partial charge in [-0.25, -0.2) is 4.98 Å². The van der Waals surface area contributed by atoms with Crippen LogP contribution in [-0.2, 0) is 0 Å². The van der Waals surface area contributed by atoms with Crippen LogP contribution >= 0.6 is 23.2 Å². The second kappa shape index (κ2) is 7.48. The molecule has 0 unspecified atom stereocenters. The summed E-state index contributed by atoms with van der Waals surface area (Å²) in [5.74, 6) is 0.208. The van der Waals surface area contributed by atoms with E-state index in [0.29, 0.717) is 38.3 Å². The van der Waals surface area contributed by atoms with Crippen molar-refractivity contribution in [3.8, 4) is 11.5 Å². The fraction of sp³-hybridized carbons (Fsp3) is 0. The second-order valence-corrected chi connectivity index (χ2v) is 7.65. The number of aromatic nitrogens is 1. The molecule has 0 fully saturated rings. The van der Waals surface area contributed by atoms with Gasteiger partial charge in [-0.1, -0.05) is 59.6 Å². The smallest absolute Gasteiger partial charge is 0.257 e. The Hall–Kier alpha value is -3.34. The number of rotatable bonds is 3. The van der Waals surface area contributed by atoms with Gasteiger partial charge in [0.05, 0.1) is 10.6 Å². The summed E-state index contributed by atoms with van der Waals surface area (Å²) in [4.78, 5) is 17.2. The highest BCUT2D eigenvalue weighted by molar-refractivity contribution is 6.37. The van der Waals surface area contributed by atoms with Crippen molar-refractivity contribution in [2.75, 3.05) is 5.32 Å². The molecule has 0 aliphatic rings. The van der Waals surface area contributed by atoms with Crippen LogP contribution in [0.5, 0.6) is 0 Å². The predicted molar refractivity (Wildman–Crippen MR) is 121 cm³/mol. The van der Waals surface area contributed by atoms with Crippen molar-refractivity contribution in [3.05, 3.63) is 94.5 Å². The van der Waals surface area contributed by atoms with E-state index in [4.69, 9.17) is 27.6 Å². The van der Waals surface area contributed by atoms with E-state index in [0.717, 1.165) is 16.3 Å². The molecule has 30 heavy (non-hydrogen) atoms. The van der Waals surface area contributed by atoms with Crippen molar-refractivity contribution in [2.45, 2.75) is 0 Å². The van der Waals surface area contributed by atoms with Gasteiger partial charge in [0.15, 0.2) is 5.58 Å². The average molecular weight is 433 g/mol. The summed E-state index contributed by atoms with van der Waals surface area (Å²) in [6.07, 6.45) is 0. The normalized spacial score (nSPS) is 11.1. The summed E-state index contributed by atoms with van der Waals surface area (Å²) in [7, 11) is 0. The Morgan fingerprint density at radius 3 is 2.60 bits per heavy atom. The van der Waals surface area contributed by atoms with E-state index in [1.807, 2.05) is 30.3 Å². The van der Waals surface area contributed by atoms with Crippen LogP contribution in [0.15, 0.2) is 83.3 Å². The molecule has 0 aliphatic heterocycles. The van der Waals surface area contributed by atoms with Crippen molar-refractivity contribution in [2.24, 2.45) is 0 Å². The lowest BCUT2D eigenvalue weighted by Crippen LogP contribution is -2.12. The van der Waals surface area contributed by atoms with E-state index in [2.05, 4.69) is 22.4 Å². The molecular weight excluding hydrogens is 419 g/mol. The molecule has 0 spiro atoms. The Morgan fingerprint density at radius 1 is 0.900 bits per heavy atom. The number of halogens is 2. The van der Waals surface area contributed by atoms with Crippen LogP contribution in [-0.4, -0.2) is 10.9 Å². The maximum Gasteiger partial charge on any atom is 0.257 e. The van der Waals surface area contributed by atoms with Gasteiger partial charge >= 0.3 is 0 Å². The third kappa shape index (κ3) is 3.41. The molecule has 4 nitrogen and oxygen atoms in total. The van der Waals surface area contributed by atoms with Crippen LogP contribution < -0.4 is 5.32 Å². The quantitative estimate of drug-likeness (QED) is 0.327. The summed E-state index contributed by atoms with van der Waals surface area (Å²) in [5.41, 5.74) is 3.15. The molecular formula is C24H14Cl2N2O2. The number of fused-ring (bicyclic) bond motifs is 2. The van der Waals surface area contributed by atoms with Crippen molar-refractivity contribution in [1.29, 1.82) is 0 Å². The van der Waals surface area contributed by atoms with Crippen LogP contribution in [0.25, 0.3) is 33.3 Å². The molecule has 5 rings (SSSR count). The van der Waals surface area contributed by atoms with Gasteiger partial charge in [0, 0.05) is 16.3 Å². The monoisotopic (exact) mass is 432 g/mol. The standard InChI is InChI=1S/C24H14Cl2N2O2/c25-15-8-10-19(20(26)12-15)23(29)27-16-9-11-22-21(13-16)28-24(30-22)18-7-3-5-14-4-1-2-6-17(14)18/h1-13H,(H,27,29). The highest BCUT2D eigenvalue weighted by atomic mass is 35.5. The zero-order valence-electron chi connectivity index (χ0n) is 15.5. The molecule has 5 aromatic rings. The Kier molecular flexibility index (Phi) is 4.66. The van der Waals surface area contributed by atoms with Gasteiger partial charge in [-0.15, -0.1) is 0 Å². The third-order valence-electron chi connectivity index (χ3n) is 4.84. The van der Waals surface area contributed by atoms with Gasteiger partial charge in [-0.3, -0.25) is 4.79 Å². The molecule has 1 amide bonds. The minimum Gasteiger partial charge on any atom is -0.436 e. The highest BCUT2D eigenvalue weighted by Gasteiger charge is 2.14. The van der Waals surface area contributed by atoms with Crippen LogP contribution in [0.1, 0.15) is 10.4 Å². The predicted octanol–water partition coefficient (Wildman–Crippen LogP) is 7.21. The number of amides is 1. The largest absolute Gasteiger partial charge is 0.436 e. The fourth-order valence-corrected chi connectivity index (χ4v) is 3.90. The Morgan fingerprint density at radius 2 is 1.73 bits per heavy atom. The molecule has 0 saturated carbocycles. The molecule has 0 atom stereocenters. The number of nitrogens with zero attached hydrogens (tertiary/aromatic N) is 1. The number of nitrogens with one attached hydrogen (secondary N) is 1. The van der Waals surface area contributed by atoms with Crippen molar-refractivity contribution in [1.82, 2.24) is 4.98 Å². The fourth-order valence-electron chi connectivity index (χ4n) is 3.40. The molecule has 1 heterocycles. The van der Waals surface area contributed by atoms with Gasteiger partial charge in [0.2, 0.25) is 5.89 Å². The van der Waals surface area contributed by atoms with E-state index in [1.54, 1.807) is 30.3 Å². The first-order valence-electron chi connectivity index (χ1n) is 9.23. The van der Waals surface area contributed by atoms with Crippen LogP contribution in [0.3, 0.4) is 0 Å². The Labute approximate surface area is 182 Å². The van der Waals surface area contributed by atoms with Crippen LogP contribution in [0.2, 0.25) is 10.0 Å².